The highest BCUT2D eigenvalue weighted by Gasteiger charge is 2.33. The minimum Gasteiger partial charge on any atom is -0.366 e. The van der Waals surface area contributed by atoms with Crippen LogP contribution in [0, 0.1) is 6.92 Å². The van der Waals surface area contributed by atoms with Gasteiger partial charge in [-0.3, -0.25) is 4.79 Å². The van der Waals surface area contributed by atoms with Gasteiger partial charge in [-0.15, -0.1) is 0 Å². The number of aryl methyl sites for hydroxylation is 1. The Labute approximate surface area is 155 Å². The summed E-state index contributed by atoms with van der Waals surface area (Å²) in [4.78, 5) is 11.9. The van der Waals surface area contributed by atoms with Gasteiger partial charge in [0, 0.05) is 15.9 Å². The standard InChI is InChI=1S/C20H18NO2P.C2H6/c1-15-12-13-18(20(21)22)19(14-15)24(23,16-8-4-2-5-9-16)17-10-6-3-7-11-17;1-2/h2-14H,1H3,(H2,21,22);1-2H3. The van der Waals surface area contributed by atoms with E-state index in [9.17, 15) is 9.36 Å². The largest absolute Gasteiger partial charge is 0.366 e. The Morgan fingerprint density at radius 3 is 1.69 bits per heavy atom. The van der Waals surface area contributed by atoms with E-state index in [0.717, 1.165) is 5.56 Å². The minimum absolute atomic E-state index is 0.302. The molecular formula is C22H24NO2P. The lowest BCUT2D eigenvalue weighted by molar-refractivity contribution is 0.100. The molecule has 4 heteroatoms. The molecule has 3 rings (SSSR count). The van der Waals surface area contributed by atoms with Gasteiger partial charge in [-0.2, -0.15) is 0 Å². The Bertz CT molecular complexity index is 878. The second kappa shape index (κ2) is 8.64. The number of carbonyl (C=O) groups excluding carboxylic acids is 1. The normalized spacial score (nSPS) is 10.6. The molecule has 0 aliphatic carbocycles. The third-order valence-electron chi connectivity index (χ3n) is 4.00. The summed E-state index contributed by atoms with van der Waals surface area (Å²) in [5.41, 5.74) is 6.79. The van der Waals surface area contributed by atoms with Gasteiger partial charge in [0.05, 0.1) is 5.56 Å². The highest BCUT2D eigenvalue weighted by Crippen LogP contribution is 2.43. The van der Waals surface area contributed by atoms with Crippen LogP contribution in [-0.4, -0.2) is 5.91 Å². The summed E-state index contributed by atoms with van der Waals surface area (Å²) < 4.78 is 14.3. The van der Waals surface area contributed by atoms with Crippen LogP contribution in [0.2, 0.25) is 0 Å². The van der Waals surface area contributed by atoms with Crippen molar-refractivity contribution in [1.82, 2.24) is 0 Å². The molecule has 2 N–H and O–H groups in total. The molecule has 3 aromatic carbocycles. The van der Waals surface area contributed by atoms with E-state index in [0.29, 0.717) is 21.5 Å². The lowest BCUT2D eigenvalue weighted by Crippen LogP contribution is -2.31. The number of rotatable bonds is 4. The summed E-state index contributed by atoms with van der Waals surface area (Å²) in [5, 5.41) is 1.86. The summed E-state index contributed by atoms with van der Waals surface area (Å²) in [6.45, 7) is 5.91. The molecule has 0 aliphatic rings. The van der Waals surface area contributed by atoms with Crippen molar-refractivity contribution in [1.29, 1.82) is 0 Å². The van der Waals surface area contributed by atoms with Gasteiger partial charge in [0.15, 0.2) is 7.14 Å². The molecule has 0 heterocycles. The number of carbonyl (C=O) groups is 1. The average Bonchev–Trinajstić information content (AvgIpc) is 2.70. The average molecular weight is 365 g/mol. The van der Waals surface area contributed by atoms with Gasteiger partial charge in [0.1, 0.15) is 0 Å². The number of amides is 1. The zero-order chi connectivity index (χ0) is 19.2. The molecule has 0 radical (unpaired) electrons. The van der Waals surface area contributed by atoms with Crippen molar-refractivity contribution in [3.8, 4) is 0 Å². The van der Waals surface area contributed by atoms with Crippen molar-refractivity contribution in [2.24, 2.45) is 5.73 Å². The maximum atomic E-state index is 14.3. The van der Waals surface area contributed by atoms with E-state index >= 15 is 0 Å². The fourth-order valence-corrected chi connectivity index (χ4v) is 5.76. The Hall–Kier alpha value is -2.64. The van der Waals surface area contributed by atoms with Gasteiger partial charge < -0.3 is 10.3 Å². The molecular weight excluding hydrogens is 341 g/mol. The van der Waals surface area contributed by atoms with Crippen molar-refractivity contribution in [3.63, 3.8) is 0 Å². The SMILES string of the molecule is CC.Cc1ccc(C(N)=O)c(P(=O)(c2ccccc2)c2ccccc2)c1. The Kier molecular flexibility index (Phi) is 6.54. The monoisotopic (exact) mass is 365 g/mol. The smallest absolute Gasteiger partial charge is 0.249 e. The number of nitrogens with two attached hydrogens (primary N) is 1. The fraction of sp³-hybridized carbons (Fsp3) is 0.136. The van der Waals surface area contributed by atoms with Crippen molar-refractivity contribution in [3.05, 3.63) is 90.0 Å². The predicted octanol–water partition coefficient (Wildman–Crippen LogP) is 3.76. The van der Waals surface area contributed by atoms with Crippen LogP contribution >= 0.6 is 7.14 Å². The molecule has 0 bridgehead atoms. The first-order chi connectivity index (χ1) is 12.5. The second-order valence-electron chi connectivity index (χ2n) is 5.67. The molecule has 134 valence electrons. The number of benzene rings is 3. The molecule has 0 spiro atoms. The Morgan fingerprint density at radius 2 is 1.27 bits per heavy atom. The van der Waals surface area contributed by atoms with Crippen LogP contribution in [0.4, 0.5) is 0 Å². The predicted molar refractivity (Wildman–Crippen MR) is 110 cm³/mol. The molecule has 0 atom stereocenters. The van der Waals surface area contributed by atoms with Gasteiger partial charge in [0.2, 0.25) is 5.91 Å². The van der Waals surface area contributed by atoms with Gasteiger partial charge in [-0.05, 0) is 19.1 Å². The van der Waals surface area contributed by atoms with Crippen LogP contribution in [-0.2, 0) is 4.57 Å². The van der Waals surface area contributed by atoms with E-state index in [1.807, 2.05) is 87.5 Å². The molecule has 0 saturated heterocycles. The molecule has 1 amide bonds. The second-order valence-corrected chi connectivity index (χ2v) is 8.40. The molecule has 0 fully saturated rings. The zero-order valence-corrected chi connectivity index (χ0v) is 16.2. The molecule has 0 saturated carbocycles. The van der Waals surface area contributed by atoms with Crippen LogP contribution in [0.5, 0.6) is 0 Å². The highest BCUT2D eigenvalue weighted by molar-refractivity contribution is 7.85. The van der Waals surface area contributed by atoms with Crippen LogP contribution in [0.1, 0.15) is 29.8 Å². The van der Waals surface area contributed by atoms with E-state index in [1.165, 1.54) is 0 Å². The van der Waals surface area contributed by atoms with E-state index in [1.54, 1.807) is 12.1 Å². The lowest BCUT2D eigenvalue weighted by atomic mass is 10.1. The summed E-state index contributed by atoms with van der Waals surface area (Å²) in [5.74, 6) is -0.572. The van der Waals surface area contributed by atoms with Crippen molar-refractivity contribution in [2.75, 3.05) is 0 Å². The summed E-state index contributed by atoms with van der Waals surface area (Å²) >= 11 is 0. The van der Waals surface area contributed by atoms with Crippen molar-refractivity contribution >= 4 is 29.0 Å². The maximum Gasteiger partial charge on any atom is 0.249 e. The van der Waals surface area contributed by atoms with Crippen LogP contribution < -0.4 is 21.6 Å². The molecule has 3 nitrogen and oxygen atoms in total. The number of primary amides is 1. The van der Waals surface area contributed by atoms with Gasteiger partial charge in [0.25, 0.3) is 0 Å². The third-order valence-corrected chi connectivity index (χ3v) is 7.10. The first kappa shape index (κ1) is 19.7. The van der Waals surface area contributed by atoms with Crippen LogP contribution in [0.15, 0.2) is 78.9 Å². The minimum atomic E-state index is -3.20. The number of hydrogen-bond donors (Lipinski definition) is 1. The first-order valence-electron chi connectivity index (χ1n) is 8.66. The Morgan fingerprint density at radius 1 is 0.808 bits per heavy atom. The van der Waals surface area contributed by atoms with Gasteiger partial charge in [-0.1, -0.05) is 86.1 Å². The van der Waals surface area contributed by atoms with Gasteiger partial charge >= 0.3 is 0 Å². The van der Waals surface area contributed by atoms with E-state index in [4.69, 9.17) is 5.73 Å². The van der Waals surface area contributed by atoms with Crippen LogP contribution in [0.25, 0.3) is 0 Å². The molecule has 3 aromatic rings. The van der Waals surface area contributed by atoms with Crippen molar-refractivity contribution in [2.45, 2.75) is 20.8 Å². The quantitative estimate of drug-likeness (QED) is 0.716. The topological polar surface area (TPSA) is 60.2 Å². The van der Waals surface area contributed by atoms with E-state index < -0.39 is 13.0 Å². The maximum absolute atomic E-state index is 14.3. The highest BCUT2D eigenvalue weighted by atomic mass is 31.2. The molecule has 0 aromatic heterocycles. The summed E-state index contributed by atoms with van der Waals surface area (Å²) in [7, 11) is -3.20. The summed E-state index contributed by atoms with van der Waals surface area (Å²) in [6, 6.07) is 23.8. The lowest BCUT2D eigenvalue weighted by Gasteiger charge is -2.22. The Balaban J connectivity index is 0.00000117. The van der Waals surface area contributed by atoms with Gasteiger partial charge in [-0.25, -0.2) is 0 Å². The van der Waals surface area contributed by atoms with Crippen LogP contribution in [0.3, 0.4) is 0 Å². The third kappa shape index (κ3) is 3.79. The molecule has 26 heavy (non-hydrogen) atoms. The zero-order valence-electron chi connectivity index (χ0n) is 15.3. The number of hydrogen-bond acceptors (Lipinski definition) is 2. The van der Waals surface area contributed by atoms with E-state index in [-0.39, 0.29) is 0 Å². The first-order valence-corrected chi connectivity index (χ1v) is 10.4. The fourth-order valence-electron chi connectivity index (χ4n) is 2.81. The van der Waals surface area contributed by atoms with E-state index in [2.05, 4.69) is 0 Å². The van der Waals surface area contributed by atoms with Crippen molar-refractivity contribution < 1.29 is 9.36 Å². The molecule has 0 unspecified atom stereocenters. The summed E-state index contributed by atoms with van der Waals surface area (Å²) in [6.07, 6.45) is 0. The molecule has 0 aliphatic heterocycles.